The second kappa shape index (κ2) is 8.64. The van der Waals surface area contributed by atoms with Gasteiger partial charge in [0.1, 0.15) is 0 Å². The molecule has 1 aromatic rings. The third-order valence-electron chi connectivity index (χ3n) is 4.59. The molecule has 0 aliphatic heterocycles. The van der Waals surface area contributed by atoms with Crippen LogP contribution >= 0.6 is 0 Å². The summed E-state index contributed by atoms with van der Waals surface area (Å²) in [4.78, 5) is 24.4. The van der Waals surface area contributed by atoms with Crippen LogP contribution in [0.2, 0.25) is 0 Å². The predicted molar refractivity (Wildman–Crippen MR) is 99.4 cm³/mol. The van der Waals surface area contributed by atoms with Gasteiger partial charge in [-0.3, -0.25) is 9.59 Å². The molecule has 0 unspecified atom stereocenters. The van der Waals surface area contributed by atoms with Crippen LogP contribution in [0.5, 0.6) is 0 Å². The Bertz CT molecular complexity index is 769. The fourth-order valence-corrected chi connectivity index (χ4v) is 4.15. The van der Waals surface area contributed by atoms with E-state index in [2.05, 4.69) is 10.6 Å². The van der Waals surface area contributed by atoms with E-state index in [9.17, 15) is 18.0 Å². The average Bonchev–Trinajstić information content (AvgIpc) is 2.60. The van der Waals surface area contributed by atoms with Crippen LogP contribution in [0.3, 0.4) is 0 Å². The zero-order valence-corrected chi connectivity index (χ0v) is 16.4. The number of benzene rings is 1. The molecule has 1 saturated carbocycles. The fourth-order valence-electron chi connectivity index (χ4n) is 3.00. The van der Waals surface area contributed by atoms with Gasteiger partial charge in [-0.1, -0.05) is 25.3 Å². The minimum atomic E-state index is -3.64. The van der Waals surface area contributed by atoms with Gasteiger partial charge in [0.15, 0.2) is 0 Å². The lowest BCUT2D eigenvalue weighted by Crippen LogP contribution is -2.42. The molecule has 8 heteroatoms. The van der Waals surface area contributed by atoms with Crippen LogP contribution in [0.15, 0.2) is 23.1 Å². The van der Waals surface area contributed by atoms with Crippen LogP contribution in [0.1, 0.15) is 48.0 Å². The Hall–Kier alpha value is -1.93. The van der Waals surface area contributed by atoms with Crippen molar-refractivity contribution in [2.24, 2.45) is 0 Å². The van der Waals surface area contributed by atoms with E-state index in [0.29, 0.717) is 5.56 Å². The van der Waals surface area contributed by atoms with Gasteiger partial charge in [-0.15, -0.1) is 0 Å². The van der Waals surface area contributed by atoms with Crippen LogP contribution in [0.25, 0.3) is 0 Å². The summed E-state index contributed by atoms with van der Waals surface area (Å²) in [5.74, 6) is -0.697. The molecule has 0 spiro atoms. The average molecular weight is 381 g/mol. The molecular formula is C18H27N3O4S. The highest BCUT2D eigenvalue weighted by atomic mass is 32.2. The Morgan fingerprint density at radius 1 is 1.15 bits per heavy atom. The number of nitrogens with zero attached hydrogens (tertiary/aromatic N) is 1. The van der Waals surface area contributed by atoms with Crippen LogP contribution in [0, 0.1) is 6.92 Å². The van der Waals surface area contributed by atoms with Crippen LogP contribution in [0.4, 0.5) is 0 Å². The number of sulfonamides is 1. The molecule has 0 heterocycles. The van der Waals surface area contributed by atoms with Crippen molar-refractivity contribution >= 4 is 21.8 Å². The van der Waals surface area contributed by atoms with E-state index >= 15 is 0 Å². The standard InChI is InChI=1S/C18H27N3O4S/c1-13-9-10-14(11-16(13)26(24,25)21(2)3)18(23)19-12-17(22)20-15-7-5-4-6-8-15/h9-11,15H,4-8,12H2,1-3H3,(H,19,23)(H,20,22). The summed E-state index contributed by atoms with van der Waals surface area (Å²) in [6, 6.07) is 4.68. The summed E-state index contributed by atoms with van der Waals surface area (Å²) in [7, 11) is -0.757. The maximum atomic E-state index is 12.3. The zero-order valence-electron chi connectivity index (χ0n) is 15.5. The van der Waals surface area contributed by atoms with Crippen molar-refractivity contribution in [3.8, 4) is 0 Å². The molecule has 0 radical (unpaired) electrons. The Labute approximate surface area is 155 Å². The van der Waals surface area contributed by atoms with Crippen molar-refractivity contribution in [1.82, 2.24) is 14.9 Å². The van der Waals surface area contributed by atoms with Crippen molar-refractivity contribution in [1.29, 1.82) is 0 Å². The number of hydrogen-bond acceptors (Lipinski definition) is 4. The molecule has 0 bridgehead atoms. The first-order valence-electron chi connectivity index (χ1n) is 8.82. The maximum Gasteiger partial charge on any atom is 0.251 e. The Kier molecular flexibility index (Phi) is 6.77. The molecule has 1 fully saturated rings. The number of carbonyl (C=O) groups is 2. The quantitative estimate of drug-likeness (QED) is 0.779. The van der Waals surface area contributed by atoms with E-state index in [-0.39, 0.29) is 29.0 Å². The number of aryl methyl sites for hydroxylation is 1. The van der Waals surface area contributed by atoms with Gasteiger partial charge in [0, 0.05) is 25.7 Å². The molecule has 1 aliphatic rings. The van der Waals surface area contributed by atoms with Gasteiger partial charge in [0.2, 0.25) is 15.9 Å². The van der Waals surface area contributed by atoms with Crippen molar-refractivity contribution in [2.75, 3.05) is 20.6 Å². The monoisotopic (exact) mass is 381 g/mol. The summed E-state index contributed by atoms with van der Waals surface area (Å²) < 4.78 is 25.8. The first-order valence-corrected chi connectivity index (χ1v) is 10.3. The molecule has 26 heavy (non-hydrogen) atoms. The second-order valence-corrected chi connectivity index (χ2v) is 8.97. The third kappa shape index (κ3) is 5.04. The molecule has 0 aromatic heterocycles. The Balaban J connectivity index is 2.00. The van der Waals surface area contributed by atoms with Crippen molar-refractivity contribution in [2.45, 2.75) is 50.0 Å². The molecule has 144 valence electrons. The summed E-state index contributed by atoms with van der Waals surface area (Å²) in [5.41, 5.74) is 0.770. The third-order valence-corrected chi connectivity index (χ3v) is 6.55. The molecule has 2 amide bonds. The van der Waals surface area contributed by atoms with E-state index in [1.807, 2.05) is 0 Å². The number of hydrogen-bond donors (Lipinski definition) is 2. The van der Waals surface area contributed by atoms with Gasteiger partial charge in [0.25, 0.3) is 5.91 Å². The summed E-state index contributed by atoms with van der Waals surface area (Å²) in [5, 5.41) is 5.49. The second-order valence-electron chi connectivity index (χ2n) is 6.85. The summed E-state index contributed by atoms with van der Waals surface area (Å²) in [6.45, 7) is 1.55. The Morgan fingerprint density at radius 3 is 2.42 bits per heavy atom. The Morgan fingerprint density at radius 2 is 1.81 bits per heavy atom. The van der Waals surface area contributed by atoms with Crippen molar-refractivity contribution in [3.05, 3.63) is 29.3 Å². The highest BCUT2D eigenvalue weighted by molar-refractivity contribution is 7.89. The lowest BCUT2D eigenvalue weighted by molar-refractivity contribution is -0.121. The fraction of sp³-hybridized carbons (Fsp3) is 0.556. The molecule has 2 rings (SSSR count). The van der Waals surface area contributed by atoms with E-state index in [0.717, 1.165) is 30.0 Å². The first kappa shape index (κ1) is 20.4. The molecule has 7 nitrogen and oxygen atoms in total. The molecule has 0 atom stereocenters. The zero-order chi connectivity index (χ0) is 19.3. The highest BCUT2D eigenvalue weighted by Gasteiger charge is 2.22. The number of carbonyl (C=O) groups excluding carboxylic acids is 2. The molecule has 1 aliphatic carbocycles. The van der Waals surface area contributed by atoms with E-state index in [1.165, 1.54) is 26.6 Å². The summed E-state index contributed by atoms with van der Waals surface area (Å²) >= 11 is 0. The van der Waals surface area contributed by atoms with Crippen molar-refractivity contribution < 1.29 is 18.0 Å². The number of rotatable bonds is 6. The minimum Gasteiger partial charge on any atom is -0.352 e. The van der Waals surface area contributed by atoms with Crippen molar-refractivity contribution in [3.63, 3.8) is 0 Å². The number of nitrogens with one attached hydrogen (secondary N) is 2. The van der Waals surface area contributed by atoms with Gasteiger partial charge in [-0.25, -0.2) is 12.7 Å². The van der Waals surface area contributed by atoms with E-state index in [1.54, 1.807) is 19.1 Å². The van der Waals surface area contributed by atoms with Crippen LogP contribution in [-0.2, 0) is 14.8 Å². The molecule has 2 N–H and O–H groups in total. The van der Waals surface area contributed by atoms with Gasteiger partial charge in [-0.05, 0) is 37.5 Å². The van der Waals surface area contributed by atoms with Gasteiger partial charge in [0.05, 0.1) is 11.4 Å². The largest absolute Gasteiger partial charge is 0.352 e. The van der Waals surface area contributed by atoms with E-state index < -0.39 is 15.9 Å². The van der Waals surface area contributed by atoms with Gasteiger partial charge >= 0.3 is 0 Å². The predicted octanol–water partition coefficient (Wildman–Crippen LogP) is 1.42. The minimum absolute atomic E-state index is 0.0850. The van der Waals surface area contributed by atoms with Gasteiger partial charge < -0.3 is 10.6 Å². The highest BCUT2D eigenvalue weighted by Crippen LogP contribution is 2.20. The van der Waals surface area contributed by atoms with Crippen LogP contribution in [-0.4, -0.2) is 51.2 Å². The molecule has 0 saturated heterocycles. The van der Waals surface area contributed by atoms with Gasteiger partial charge in [-0.2, -0.15) is 0 Å². The maximum absolute atomic E-state index is 12.3. The topological polar surface area (TPSA) is 95.6 Å². The molecule has 1 aromatic carbocycles. The SMILES string of the molecule is Cc1ccc(C(=O)NCC(=O)NC2CCCCC2)cc1S(=O)(=O)N(C)C. The normalized spacial score (nSPS) is 15.7. The smallest absolute Gasteiger partial charge is 0.251 e. The summed E-state index contributed by atoms with van der Waals surface area (Å²) in [6.07, 6.45) is 5.38. The lowest BCUT2D eigenvalue weighted by Gasteiger charge is -2.22. The first-order chi connectivity index (χ1) is 12.2. The van der Waals surface area contributed by atoms with Crippen LogP contribution < -0.4 is 10.6 Å². The lowest BCUT2D eigenvalue weighted by atomic mass is 9.95. The molecular weight excluding hydrogens is 354 g/mol. The van der Waals surface area contributed by atoms with E-state index in [4.69, 9.17) is 0 Å². The number of amides is 2.